The minimum absolute atomic E-state index is 0.0789. The van der Waals surface area contributed by atoms with E-state index < -0.39 is 19.0 Å². The van der Waals surface area contributed by atoms with Gasteiger partial charge < -0.3 is 24.8 Å². The number of aliphatic hydroxyl groups excluding tert-OH is 3. The van der Waals surface area contributed by atoms with Gasteiger partial charge in [0.1, 0.15) is 6.10 Å². The highest BCUT2D eigenvalue weighted by Crippen LogP contribution is 1.98. The minimum atomic E-state index is -1.06. The van der Waals surface area contributed by atoms with Gasteiger partial charge in [-0.05, 0) is 0 Å². The van der Waals surface area contributed by atoms with Gasteiger partial charge in [-0.3, -0.25) is 0 Å². The lowest BCUT2D eigenvalue weighted by Crippen LogP contribution is -2.34. The van der Waals surface area contributed by atoms with Crippen molar-refractivity contribution >= 4 is 0 Å². The highest BCUT2D eigenvalue weighted by Gasteiger charge is 2.17. The molecule has 0 fully saturated rings. The van der Waals surface area contributed by atoms with Crippen LogP contribution in [0.25, 0.3) is 0 Å². The molecule has 2 atom stereocenters. The molecule has 0 heterocycles. The van der Waals surface area contributed by atoms with E-state index in [0.717, 1.165) is 0 Å². The average molecular weight is 166 g/mol. The van der Waals surface area contributed by atoms with Crippen LogP contribution in [0.4, 0.5) is 0 Å². The normalized spacial score (nSPS) is 16.4. The zero-order chi connectivity index (χ0) is 8.69. The average Bonchev–Trinajstić information content (AvgIpc) is 2.05. The van der Waals surface area contributed by atoms with Gasteiger partial charge in [-0.25, -0.2) is 0 Å². The fraction of sp³-hybridized carbons (Fsp3) is 1.00. The maximum absolute atomic E-state index is 8.96. The summed E-state index contributed by atoms with van der Waals surface area (Å²) in [6.07, 6.45) is -1.93. The summed E-state index contributed by atoms with van der Waals surface area (Å²) < 4.78 is 9.47. The lowest BCUT2D eigenvalue weighted by Gasteiger charge is -2.19. The molecule has 68 valence electrons. The number of hydrogen-bond donors (Lipinski definition) is 3. The van der Waals surface area contributed by atoms with Crippen molar-refractivity contribution in [2.24, 2.45) is 0 Å². The molecule has 0 aromatic heterocycles. The highest BCUT2D eigenvalue weighted by molar-refractivity contribution is 4.56. The number of hydrogen-bond acceptors (Lipinski definition) is 5. The van der Waals surface area contributed by atoms with Gasteiger partial charge in [-0.1, -0.05) is 0 Å². The van der Waals surface area contributed by atoms with Crippen LogP contribution in [-0.4, -0.2) is 54.6 Å². The maximum Gasteiger partial charge on any atom is 0.185 e. The predicted molar refractivity (Wildman–Crippen MR) is 36.9 cm³/mol. The van der Waals surface area contributed by atoms with Crippen LogP contribution in [-0.2, 0) is 9.47 Å². The molecule has 0 aromatic rings. The summed E-state index contributed by atoms with van der Waals surface area (Å²) in [7, 11) is 1.35. The van der Waals surface area contributed by atoms with Crippen molar-refractivity contribution in [1.82, 2.24) is 0 Å². The SMILES string of the molecule is CO[C@@H](OCCO)[C@H](O)CO. The van der Waals surface area contributed by atoms with Crippen molar-refractivity contribution in [3.8, 4) is 0 Å². The van der Waals surface area contributed by atoms with Gasteiger partial charge in [0.25, 0.3) is 0 Å². The molecule has 11 heavy (non-hydrogen) atoms. The van der Waals surface area contributed by atoms with Gasteiger partial charge in [0.15, 0.2) is 6.29 Å². The first kappa shape index (κ1) is 10.8. The molecule has 0 bridgehead atoms. The standard InChI is InChI=1S/C6H14O5/c1-10-6(5(9)4-8)11-3-2-7/h5-9H,2-4H2,1H3/t5-,6+/m1/s1. The quantitative estimate of drug-likeness (QED) is 0.411. The molecule has 0 spiro atoms. The van der Waals surface area contributed by atoms with Crippen molar-refractivity contribution in [1.29, 1.82) is 0 Å². The lowest BCUT2D eigenvalue weighted by atomic mass is 10.4. The Morgan fingerprint density at radius 2 is 2.00 bits per heavy atom. The van der Waals surface area contributed by atoms with Gasteiger partial charge in [0, 0.05) is 7.11 Å². The second-order valence-corrected chi connectivity index (χ2v) is 1.95. The molecule has 0 saturated heterocycles. The Morgan fingerprint density at radius 3 is 2.36 bits per heavy atom. The van der Waals surface area contributed by atoms with E-state index in [9.17, 15) is 0 Å². The maximum atomic E-state index is 8.96. The molecule has 0 unspecified atom stereocenters. The smallest absolute Gasteiger partial charge is 0.185 e. The summed E-state index contributed by atoms with van der Waals surface area (Å²) in [5.74, 6) is 0. The first-order valence-corrected chi connectivity index (χ1v) is 3.30. The van der Waals surface area contributed by atoms with Gasteiger partial charge in [-0.15, -0.1) is 0 Å². The van der Waals surface area contributed by atoms with Gasteiger partial charge in [-0.2, -0.15) is 0 Å². The molecule has 0 aliphatic heterocycles. The van der Waals surface area contributed by atoms with Crippen molar-refractivity contribution in [3.05, 3.63) is 0 Å². The number of rotatable bonds is 6. The predicted octanol–water partition coefficient (Wildman–Crippen LogP) is -1.68. The molecule has 0 saturated carbocycles. The van der Waals surface area contributed by atoms with E-state index in [0.29, 0.717) is 0 Å². The Hall–Kier alpha value is -0.200. The topological polar surface area (TPSA) is 79.2 Å². The number of methoxy groups -OCH3 is 1. The molecule has 5 nitrogen and oxygen atoms in total. The van der Waals surface area contributed by atoms with Crippen molar-refractivity contribution in [2.45, 2.75) is 12.4 Å². The third-order valence-electron chi connectivity index (χ3n) is 1.11. The third kappa shape index (κ3) is 4.28. The lowest BCUT2D eigenvalue weighted by molar-refractivity contribution is -0.191. The van der Waals surface area contributed by atoms with Crippen LogP contribution in [0, 0.1) is 0 Å². The summed E-state index contributed by atoms with van der Waals surface area (Å²) >= 11 is 0. The van der Waals surface area contributed by atoms with Crippen molar-refractivity contribution in [3.63, 3.8) is 0 Å². The Kier molecular flexibility index (Phi) is 6.39. The Bertz CT molecular complexity index is 87.0. The molecule has 0 rings (SSSR count). The van der Waals surface area contributed by atoms with E-state index in [2.05, 4.69) is 4.74 Å². The second kappa shape index (κ2) is 6.51. The molecule has 0 radical (unpaired) electrons. The number of aliphatic hydroxyl groups is 3. The highest BCUT2D eigenvalue weighted by atomic mass is 16.7. The van der Waals surface area contributed by atoms with Crippen LogP contribution in [0.15, 0.2) is 0 Å². The van der Waals surface area contributed by atoms with Gasteiger partial charge in [0.2, 0.25) is 0 Å². The number of ether oxygens (including phenoxy) is 2. The fourth-order valence-electron chi connectivity index (χ4n) is 0.591. The molecule has 3 N–H and O–H groups in total. The molecule has 0 aromatic carbocycles. The van der Waals surface area contributed by atoms with E-state index >= 15 is 0 Å². The van der Waals surface area contributed by atoms with Crippen LogP contribution in [0.1, 0.15) is 0 Å². The summed E-state index contributed by atoms with van der Waals surface area (Å²) in [5, 5.41) is 25.8. The van der Waals surface area contributed by atoms with Crippen molar-refractivity contribution in [2.75, 3.05) is 26.9 Å². The second-order valence-electron chi connectivity index (χ2n) is 1.95. The van der Waals surface area contributed by atoms with E-state index in [1.807, 2.05) is 0 Å². The molecule has 5 heteroatoms. The Balaban J connectivity index is 3.56. The molecule has 0 aliphatic rings. The first-order chi connectivity index (χ1) is 5.26. The molecule has 0 aliphatic carbocycles. The summed E-state index contributed by atoms with van der Waals surface area (Å²) in [6.45, 7) is -0.489. The molecular weight excluding hydrogens is 152 g/mol. The van der Waals surface area contributed by atoms with Crippen LogP contribution in [0.2, 0.25) is 0 Å². The minimum Gasteiger partial charge on any atom is -0.394 e. The fourth-order valence-corrected chi connectivity index (χ4v) is 0.591. The summed E-state index contributed by atoms with van der Waals surface area (Å²) in [6, 6.07) is 0. The van der Waals surface area contributed by atoms with Crippen LogP contribution < -0.4 is 0 Å². The van der Waals surface area contributed by atoms with E-state index in [4.69, 9.17) is 20.1 Å². The summed E-state index contributed by atoms with van der Waals surface area (Å²) in [5.41, 5.74) is 0. The van der Waals surface area contributed by atoms with E-state index in [1.165, 1.54) is 7.11 Å². The third-order valence-corrected chi connectivity index (χ3v) is 1.11. The van der Waals surface area contributed by atoms with Crippen LogP contribution in [0.3, 0.4) is 0 Å². The zero-order valence-corrected chi connectivity index (χ0v) is 6.43. The van der Waals surface area contributed by atoms with Crippen LogP contribution in [0.5, 0.6) is 0 Å². The summed E-state index contributed by atoms with van der Waals surface area (Å²) in [4.78, 5) is 0. The monoisotopic (exact) mass is 166 g/mol. The van der Waals surface area contributed by atoms with Gasteiger partial charge >= 0.3 is 0 Å². The zero-order valence-electron chi connectivity index (χ0n) is 6.43. The van der Waals surface area contributed by atoms with E-state index in [1.54, 1.807) is 0 Å². The molecule has 0 amide bonds. The Morgan fingerprint density at radius 1 is 1.36 bits per heavy atom. The van der Waals surface area contributed by atoms with Crippen LogP contribution >= 0.6 is 0 Å². The van der Waals surface area contributed by atoms with E-state index in [-0.39, 0.29) is 13.2 Å². The first-order valence-electron chi connectivity index (χ1n) is 3.30. The Labute approximate surface area is 65.2 Å². The van der Waals surface area contributed by atoms with Crippen molar-refractivity contribution < 1.29 is 24.8 Å². The largest absolute Gasteiger partial charge is 0.394 e. The van der Waals surface area contributed by atoms with Gasteiger partial charge in [0.05, 0.1) is 19.8 Å². The molecular formula is C6H14O5.